The van der Waals surface area contributed by atoms with E-state index in [1.807, 2.05) is 6.07 Å². The molecular formula is C21H28N2O3. The third-order valence-electron chi connectivity index (χ3n) is 5.22. The Kier molecular flexibility index (Phi) is 5.19. The molecule has 1 aromatic heterocycles. The zero-order valence-electron chi connectivity index (χ0n) is 16.1. The fourth-order valence-corrected chi connectivity index (χ4v) is 4.11. The van der Waals surface area contributed by atoms with Gasteiger partial charge < -0.3 is 14.5 Å². The summed E-state index contributed by atoms with van der Waals surface area (Å²) in [7, 11) is 0. The minimum Gasteiger partial charge on any atom is -0.436 e. The van der Waals surface area contributed by atoms with Crippen LogP contribution in [-0.4, -0.2) is 29.6 Å². The second-order valence-corrected chi connectivity index (χ2v) is 7.83. The Morgan fingerprint density at radius 1 is 1.23 bits per heavy atom. The van der Waals surface area contributed by atoms with Crippen LogP contribution in [-0.2, 0) is 10.2 Å². The van der Waals surface area contributed by atoms with Crippen molar-refractivity contribution in [2.75, 3.05) is 13.2 Å². The molecule has 1 unspecified atom stereocenters. The molecule has 1 fully saturated rings. The summed E-state index contributed by atoms with van der Waals surface area (Å²) in [5.41, 5.74) is 1.78. The van der Waals surface area contributed by atoms with E-state index in [0.29, 0.717) is 23.9 Å². The van der Waals surface area contributed by atoms with E-state index in [-0.39, 0.29) is 16.9 Å². The summed E-state index contributed by atoms with van der Waals surface area (Å²) in [5.74, 6) is 0.626. The van der Waals surface area contributed by atoms with Gasteiger partial charge in [-0.2, -0.15) is 0 Å². The molecule has 0 spiro atoms. The molecule has 0 bridgehead atoms. The first kappa shape index (κ1) is 18.6. The third-order valence-corrected chi connectivity index (χ3v) is 5.22. The van der Waals surface area contributed by atoms with E-state index in [2.05, 4.69) is 48.4 Å². The molecule has 3 rings (SSSR count). The number of nitrogens with one attached hydrogen (secondary N) is 1. The zero-order valence-corrected chi connectivity index (χ0v) is 16.1. The molecule has 140 valence electrons. The SMILES string of the molecule is Cc1nc(C)c(C(=O)NCCC2(c3ccccc3)CCOC(C)(C)C2)o1. The van der Waals surface area contributed by atoms with Crippen LogP contribution in [0.3, 0.4) is 0 Å². The maximum atomic E-state index is 12.4. The maximum absolute atomic E-state index is 12.4. The van der Waals surface area contributed by atoms with Gasteiger partial charge in [0.2, 0.25) is 5.76 Å². The number of carbonyl (C=O) groups excluding carboxylic acids is 1. The van der Waals surface area contributed by atoms with E-state index in [4.69, 9.17) is 9.15 Å². The highest BCUT2D eigenvalue weighted by Crippen LogP contribution is 2.43. The lowest BCUT2D eigenvalue weighted by Crippen LogP contribution is -2.45. The highest BCUT2D eigenvalue weighted by molar-refractivity contribution is 5.92. The topological polar surface area (TPSA) is 64.4 Å². The van der Waals surface area contributed by atoms with Crippen molar-refractivity contribution >= 4 is 5.91 Å². The minimum atomic E-state index is -0.197. The summed E-state index contributed by atoms with van der Waals surface area (Å²) in [4.78, 5) is 16.6. The predicted octanol–water partition coefficient (Wildman–Crippen LogP) is 3.94. The highest BCUT2D eigenvalue weighted by atomic mass is 16.5. The largest absolute Gasteiger partial charge is 0.436 e. The summed E-state index contributed by atoms with van der Waals surface area (Å²) in [6, 6.07) is 10.6. The van der Waals surface area contributed by atoms with E-state index in [1.54, 1.807) is 13.8 Å². The Morgan fingerprint density at radius 3 is 2.58 bits per heavy atom. The van der Waals surface area contributed by atoms with Crippen LogP contribution >= 0.6 is 0 Å². The van der Waals surface area contributed by atoms with Crippen LogP contribution in [0.5, 0.6) is 0 Å². The monoisotopic (exact) mass is 356 g/mol. The van der Waals surface area contributed by atoms with Crippen LogP contribution in [0.15, 0.2) is 34.7 Å². The Bertz CT molecular complexity index is 767. The summed E-state index contributed by atoms with van der Waals surface area (Å²) in [5, 5.41) is 3.01. The van der Waals surface area contributed by atoms with Crippen molar-refractivity contribution in [1.82, 2.24) is 10.3 Å². The van der Waals surface area contributed by atoms with Crippen LogP contribution in [0.2, 0.25) is 0 Å². The Morgan fingerprint density at radius 2 is 1.96 bits per heavy atom. The number of amides is 1. The molecule has 0 radical (unpaired) electrons. The number of aromatic nitrogens is 1. The van der Waals surface area contributed by atoms with Crippen LogP contribution < -0.4 is 5.32 Å². The average Bonchev–Trinajstić information content (AvgIpc) is 2.93. The van der Waals surface area contributed by atoms with Crippen molar-refractivity contribution in [3.63, 3.8) is 0 Å². The smallest absolute Gasteiger partial charge is 0.289 e. The fraction of sp³-hybridized carbons (Fsp3) is 0.524. The molecular weight excluding hydrogens is 328 g/mol. The molecule has 1 aromatic carbocycles. The molecule has 2 heterocycles. The average molecular weight is 356 g/mol. The Hall–Kier alpha value is -2.14. The zero-order chi connectivity index (χ0) is 18.8. The Labute approximate surface area is 155 Å². The first-order valence-electron chi connectivity index (χ1n) is 9.23. The van der Waals surface area contributed by atoms with Crippen molar-refractivity contribution in [2.45, 2.75) is 58.0 Å². The molecule has 1 aliphatic rings. The van der Waals surface area contributed by atoms with E-state index in [1.165, 1.54) is 5.56 Å². The van der Waals surface area contributed by atoms with Crippen molar-refractivity contribution in [1.29, 1.82) is 0 Å². The van der Waals surface area contributed by atoms with Gasteiger partial charge in [0.25, 0.3) is 5.91 Å². The van der Waals surface area contributed by atoms with Gasteiger partial charge in [-0.25, -0.2) is 4.98 Å². The Balaban J connectivity index is 1.73. The summed E-state index contributed by atoms with van der Waals surface area (Å²) < 4.78 is 11.4. The molecule has 0 saturated carbocycles. The molecule has 1 N–H and O–H groups in total. The number of rotatable bonds is 5. The van der Waals surface area contributed by atoms with Crippen molar-refractivity contribution in [2.24, 2.45) is 0 Å². The number of oxazole rings is 1. The number of ether oxygens (including phenoxy) is 1. The van der Waals surface area contributed by atoms with Crippen molar-refractivity contribution < 1.29 is 13.9 Å². The van der Waals surface area contributed by atoms with E-state index >= 15 is 0 Å². The van der Waals surface area contributed by atoms with Gasteiger partial charge in [-0.15, -0.1) is 0 Å². The summed E-state index contributed by atoms with van der Waals surface area (Å²) in [6.45, 7) is 9.14. The number of carbonyl (C=O) groups is 1. The van der Waals surface area contributed by atoms with Crippen molar-refractivity contribution in [3.05, 3.63) is 53.2 Å². The standard InChI is InChI=1S/C21H28N2O3/c1-15-18(26-16(2)23-15)19(24)22-12-10-21(17-8-6-5-7-9-17)11-13-25-20(3,4)14-21/h5-9H,10-14H2,1-4H3,(H,22,24). The highest BCUT2D eigenvalue weighted by Gasteiger charge is 2.41. The predicted molar refractivity (Wildman–Crippen MR) is 100 cm³/mol. The first-order valence-corrected chi connectivity index (χ1v) is 9.23. The molecule has 5 nitrogen and oxygen atoms in total. The molecule has 26 heavy (non-hydrogen) atoms. The van der Waals surface area contributed by atoms with Gasteiger partial charge in [0, 0.05) is 25.5 Å². The molecule has 5 heteroatoms. The van der Waals surface area contributed by atoms with Gasteiger partial charge in [-0.1, -0.05) is 30.3 Å². The van der Waals surface area contributed by atoms with Crippen molar-refractivity contribution in [3.8, 4) is 0 Å². The normalized spacial score (nSPS) is 22.2. The molecule has 1 saturated heterocycles. The van der Waals surface area contributed by atoms with Crippen LogP contribution in [0.1, 0.15) is 60.8 Å². The van der Waals surface area contributed by atoms with Gasteiger partial charge in [-0.05, 0) is 45.6 Å². The number of aryl methyl sites for hydroxylation is 2. The van der Waals surface area contributed by atoms with Crippen LogP contribution in [0, 0.1) is 13.8 Å². The number of hydrogen-bond acceptors (Lipinski definition) is 4. The molecule has 1 amide bonds. The summed E-state index contributed by atoms with van der Waals surface area (Å²) >= 11 is 0. The molecule has 0 aliphatic carbocycles. The first-order chi connectivity index (χ1) is 12.3. The fourth-order valence-electron chi connectivity index (χ4n) is 4.11. The lowest BCUT2D eigenvalue weighted by molar-refractivity contribution is -0.0838. The second-order valence-electron chi connectivity index (χ2n) is 7.83. The van der Waals surface area contributed by atoms with Gasteiger partial charge in [0.05, 0.1) is 11.3 Å². The summed E-state index contributed by atoms with van der Waals surface area (Å²) in [6.07, 6.45) is 2.75. The molecule has 1 atom stereocenters. The van der Waals surface area contributed by atoms with Crippen LogP contribution in [0.4, 0.5) is 0 Å². The van der Waals surface area contributed by atoms with Gasteiger partial charge in [-0.3, -0.25) is 4.79 Å². The van der Waals surface area contributed by atoms with E-state index in [9.17, 15) is 4.79 Å². The molecule has 2 aromatic rings. The van der Waals surface area contributed by atoms with Gasteiger partial charge in [0.15, 0.2) is 5.89 Å². The number of nitrogens with zero attached hydrogens (tertiary/aromatic N) is 1. The van der Waals surface area contributed by atoms with Crippen LogP contribution in [0.25, 0.3) is 0 Å². The van der Waals surface area contributed by atoms with E-state index in [0.717, 1.165) is 25.9 Å². The lowest BCUT2D eigenvalue weighted by atomic mass is 9.67. The lowest BCUT2D eigenvalue weighted by Gasteiger charge is -2.45. The quantitative estimate of drug-likeness (QED) is 0.881. The number of benzene rings is 1. The maximum Gasteiger partial charge on any atom is 0.289 e. The third kappa shape index (κ3) is 3.98. The molecule has 1 aliphatic heterocycles. The minimum absolute atomic E-state index is 0.00264. The van der Waals surface area contributed by atoms with Gasteiger partial charge >= 0.3 is 0 Å². The number of hydrogen-bond donors (Lipinski definition) is 1. The van der Waals surface area contributed by atoms with Gasteiger partial charge in [0.1, 0.15) is 0 Å². The van der Waals surface area contributed by atoms with E-state index < -0.39 is 0 Å². The second kappa shape index (κ2) is 7.23.